The fourth-order valence-corrected chi connectivity index (χ4v) is 3.14. The molecular formula is C17H21N3S. The lowest BCUT2D eigenvalue weighted by Crippen LogP contribution is -2.42. The van der Waals surface area contributed by atoms with Crippen LogP contribution in [0.25, 0.3) is 11.3 Å². The summed E-state index contributed by atoms with van der Waals surface area (Å²) >= 11 is 4.63. The van der Waals surface area contributed by atoms with Crippen molar-refractivity contribution in [3.8, 4) is 11.3 Å². The number of benzene rings is 1. The van der Waals surface area contributed by atoms with Gasteiger partial charge in [0.1, 0.15) is 0 Å². The molecule has 0 bridgehead atoms. The van der Waals surface area contributed by atoms with Gasteiger partial charge in [0.25, 0.3) is 0 Å². The average Bonchev–Trinajstić information content (AvgIpc) is 2.49. The molecule has 0 atom stereocenters. The van der Waals surface area contributed by atoms with Crippen molar-refractivity contribution in [2.75, 3.05) is 26.2 Å². The van der Waals surface area contributed by atoms with E-state index < -0.39 is 0 Å². The molecule has 0 aliphatic carbocycles. The van der Waals surface area contributed by atoms with Crippen molar-refractivity contribution in [2.45, 2.75) is 18.4 Å². The van der Waals surface area contributed by atoms with E-state index in [9.17, 15) is 0 Å². The molecule has 21 heavy (non-hydrogen) atoms. The number of aromatic nitrogens is 1. The summed E-state index contributed by atoms with van der Waals surface area (Å²) in [6.45, 7) is 7.36. The highest BCUT2D eigenvalue weighted by Gasteiger charge is 2.14. The van der Waals surface area contributed by atoms with Gasteiger partial charge in [-0.1, -0.05) is 18.2 Å². The second kappa shape index (κ2) is 6.60. The Bertz CT molecular complexity index is 621. The summed E-state index contributed by atoms with van der Waals surface area (Å²) in [5.74, 6) is 0. The molecule has 3 rings (SSSR count). The van der Waals surface area contributed by atoms with E-state index in [1.54, 1.807) is 0 Å². The van der Waals surface area contributed by atoms with Crippen LogP contribution in [0.2, 0.25) is 0 Å². The summed E-state index contributed by atoms with van der Waals surface area (Å²) in [7, 11) is 0. The third-order valence-corrected chi connectivity index (χ3v) is 4.27. The molecule has 0 unspecified atom stereocenters. The molecule has 3 nitrogen and oxygen atoms in total. The maximum atomic E-state index is 4.63. The lowest BCUT2D eigenvalue weighted by molar-refractivity contribution is 0.233. The van der Waals surface area contributed by atoms with E-state index in [2.05, 4.69) is 59.0 Å². The number of nitrogens with one attached hydrogen (secondary N) is 1. The van der Waals surface area contributed by atoms with Crippen LogP contribution in [-0.2, 0) is 6.54 Å². The fourth-order valence-electron chi connectivity index (χ4n) is 2.76. The number of thiol groups is 1. The summed E-state index contributed by atoms with van der Waals surface area (Å²) in [6.07, 6.45) is 1.86. The van der Waals surface area contributed by atoms with Crippen LogP contribution >= 0.6 is 12.6 Å². The van der Waals surface area contributed by atoms with Crippen molar-refractivity contribution in [1.29, 1.82) is 0 Å². The molecule has 1 N–H and O–H groups in total. The van der Waals surface area contributed by atoms with Crippen LogP contribution in [0.4, 0.5) is 0 Å². The first-order valence-corrected chi connectivity index (χ1v) is 7.86. The van der Waals surface area contributed by atoms with Gasteiger partial charge in [0.15, 0.2) is 0 Å². The summed E-state index contributed by atoms with van der Waals surface area (Å²) in [4.78, 5) is 8.08. The number of aryl methyl sites for hydroxylation is 1. The second-order valence-electron chi connectivity index (χ2n) is 5.56. The molecule has 2 heterocycles. The molecule has 110 valence electrons. The molecule has 1 aliphatic rings. The third kappa shape index (κ3) is 3.46. The minimum Gasteiger partial charge on any atom is -0.314 e. The van der Waals surface area contributed by atoms with Gasteiger partial charge in [-0.05, 0) is 30.2 Å². The Morgan fingerprint density at radius 3 is 2.81 bits per heavy atom. The topological polar surface area (TPSA) is 28.2 Å². The zero-order chi connectivity index (χ0) is 14.7. The monoisotopic (exact) mass is 299 g/mol. The number of pyridine rings is 1. The van der Waals surface area contributed by atoms with Gasteiger partial charge in [-0.25, -0.2) is 0 Å². The number of nitrogens with zero attached hydrogens (tertiary/aromatic N) is 2. The van der Waals surface area contributed by atoms with E-state index in [-0.39, 0.29) is 0 Å². The number of piperazine rings is 1. The standard InChI is InChI=1S/C17H21N3S/c1-13-4-5-15(16(21)11-13)17-14(3-2-6-19-17)12-20-9-7-18-8-10-20/h2-6,11,18,21H,7-10,12H2,1H3. The van der Waals surface area contributed by atoms with E-state index in [0.717, 1.165) is 48.9 Å². The van der Waals surface area contributed by atoms with Crippen LogP contribution in [0.15, 0.2) is 41.4 Å². The highest BCUT2D eigenvalue weighted by molar-refractivity contribution is 7.80. The van der Waals surface area contributed by atoms with Gasteiger partial charge < -0.3 is 5.32 Å². The maximum absolute atomic E-state index is 4.63. The summed E-state index contributed by atoms with van der Waals surface area (Å²) < 4.78 is 0. The highest BCUT2D eigenvalue weighted by Crippen LogP contribution is 2.29. The number of rotatable bonds is 3. The second-order valence-corrected chi connectivity index (χ2v) is 6.04. The molecule has 0 saturated carbocycles. The first-order chi connectivity index (χ1) is 10.2. The molecular weight excluding hydrogens is 278 g/mol. The smallest absolute Gasteiger partial charge is 0.0758 e. The molecule has 0 spiro atoms. The first-order valence-electron chi connectivity index (χ1n) is 7.41. The predicted octanol–water partition coefficient (Wildman–Crippen LogP) is 2.75. The minimum atomic E-state index is 0.950. The van der Waals surface area contributed by atoms with Crippen molar-refractivity contribution in [1.82, 2.24) is 15.2 Å². The van der Waals surface area contributed by atoms with E-state index in [1.165, 1.54) is 11.1 Å². The van der Waals surface area contributed by atoms with E-state index in [4.69, 9.17) is 0 Å². The van der Waals surface area contributed by atoms with E-state index >= 15 is 0 Å². The van der Waals surface area contributed by atoms with Gasteiger partial charge in [0.05, 0.1) is 5.69 Å². The molecule has 0 amide bonds. The predicted molar refractivity (Wildman–Crippen MR) is 89.8 cm³/mol. The van der Waals surface area contributed by atoms with Crippen LogP contribution in [0.5, 0.6) is 0 Å². The van der Waals surface area contributed by atoms with Crippen molar-refractivity contribution in [2.24, 2.45) is 0 Å². The van der Waals surface area contributed by atoms with Gasteiger partial charge in [-0.15, -0.1) is 12.6 Å². The van der Waals surface area contributed by atoms with Crippen LogP contribution in [0.3, 0.4) is 0 Å². The largest absolute Gasteiger partial charge is 0.314 e. The van der Waals surface area contributed by atoms with Crippen LogP contribution in [0, 0.1) is 6.92 Å². The molecule has 1 aliphatic heterocycles. The number of hydrogen-bond acceptors (Lipinski definition) is 4. The molecule has 1 fully saturated rings. The molecule has 1 aromatic carbocycles. The van der Waals surface area contributed by atoms with Crippen molar-refractivity contribution < 1.29 is 0 Å². The summed E-state index contributed by atoms with van der Waals surface area (Å²) in [5, 5.41) is 3.39. The SMILES string of the molecule is Cc1ccc(-c2ncccc2CN2CCNCC2)c(S)c1. The normalized spacial score (nSPS) is 16.1. The van der Waals surface area contributed by atoms with E-state index in [0.29, 0.717) is 0 Å². The number of hydrogen-bond donors (Lipinski definition) is 2. The average molecular weight is 299 g/mol. The molecule has 1 saturated heterocycles. The maximum Gasteiger partial charge on any atom is 0.0758 e. The zero-order valence-corrected chi connectivity index (χ0v) is 13.2. The third-order valence-electron chi connectivity index (χ3n) is 3.90. The van der Waals surface area contributed by atoms with Crippen molar-refractivity contribution in [3.05, 3.63) is 47.7 Å². The Morgan fingerprint density at radius 2 is 2.05 bits per heavy atom. The van der Waals surface area contributed by atoms with Gasteiger partial charge in [0.2, 0.25) is 0 Å². The van der Waals surface area contributed by atoms with Gasteiger partial charge in [0, 0.05) is 49.4 Å². The molecule has 2 aromatic rings. The Balaban J connectivity index is 1.91. The quantitative estimate of drug-likeness (QED) is 0.854. The van der Waals surface area contributed by atoms with Gasteiger partial charge >= 0.3 is 0 Å². The van der Waals surface area contributed by atoms with Crippen molar-refractivity contribution in [3.63, 3.8) is 0 Å². The molecule has 1 aromatic heterocycles. The fraction of sp³-hybridized carbons (Fsp3) is 0.353. The van der Waals surface area contributed by atoms with E-state index in [1.807, 2.05) is 12.3 Å². The first kappa shape index (κ1) is 14.6. The summed E-state index contributed by atoms with van der Waals surface area (Å²) in [6, 6.07) is 10.5. The lowest BCUT2D eigenvalue weighted by atomic mass is 10.0. The molecule has 0 radical (unpaired) electrons. The van der Waals surface area contributed by atoms with Crippen LogP contribution in [0.1, 0.15) is 11.1 Å². The molecule has 4 heteroatoms. The van der Waals surface area contributed by atoms with Crippen LogP contribution in [-0.4, -0.2) is 36.1 Å². The summed E-state index contributed by atoms with van der Waals surface area (Å²) in [5.41, 5.74) is 4.68. The Kier molecular flexibility index (Phi) is 4.58. The lowest BCUT2D eigenvalue weighted by Gasteiger charge is -2.27. The van der Waals surface area contributed by atoms with Gasteiger partial charge in [-0.2, -0.15) is 0 Å². The Hall–Kier alpha value is -1.36. The van der Waals surface area contributed by atoms with Crippen molar-refractivity contribution >= 4 is 12.6 Å². The highest BCUT2D eigenvalue weighted by atomic mass is 32.1. The van der Waals surface area contributed by atoms with Crippen LogP contribution < -0.4 is 5.32 Å². The van der Waals surface area contributed by atoms with Gasteiger partial charge in [-0.3, -0.25) is 9.88 Å². The Labute approximate surface area is 131 Å². The zero-order valence-electron chi connectivity index (χ0n) is 12.3. The minimum absolute atomic E-state index is 0.950. The Morgan fingerprint density at radius 1 is 1.24 bits per heavy atom.